The van der Waals surface area contributed by atoms with Gasteiger partial charge in [-0.15, -0.1) is 0 Å². The number of halogens is 1. The summed E-state index contributed by atoms with van der Waals surface area (Å²) >= 11 is 0. The van der Waals surface area contributed by atoms with Gasteiger partial charge < -0.3 is 10.0 Å². The second-order valence-electron chi connectivity index (χ2n) is 7.25. The number of amides is 1. The summed E-state index contributed by atoms with van der Waals surface area (Å²) in [6.07, 6.45) is 1.74. The Kier molecular flexibility index (Phi) is 4.86. The van der Waals surface area contributed by atoms with Gasteiger partial charge in [0.05, 0.1) is 18.7 Å². The van der Waals surface area contributed by atoms with Crippen molar-refractivity contribution in [3.8, 4) is 17.9 Å². The van der Waals surface area contributed by atoms with Gasteiger partial charge in [-0.2, -0.15) is 5.26 Å². The molecule has 2 aromatic carbocycles. The third-order valence-electron chi connectivity index (χ3n) is 5.38. The normalized spacial score (nSPS) is 23.2. The van der Waals surface area contributed by atoms with E-state index >= 15 is 0 Å². The molecular weight excluding hydrogens is 355 g/mol. The van der Waals surface area contributed by atoms with Gasteiger partial charge in [-0.1, -0.05) is 30.0 Å². The first-order valence-corrected chi connectivity index (χ1v) is 9.32. The Morgan fingerprint density at radius 3 is 2.46 bits per heavy atom. The zero-order valence-corrected chi connectivity index (χ0v) is 15.2. The molecule has 4 nitrogen and oxygen atoms in total. The van der Waals surface area contributed by atoms with E-state index in [-0.39, 0.29) is 36.2 Å². The van der Waals surface area contributed by atoms with Crippen molar-refractivity contribution in [1.29, 1.82) is 5.26 Å². The van der Waals surface area contributed by atoms with E-state index in [1.54, 1.807) is 17.0 Å². The van der Waals surface area contributed by atoms with Crippen molar-refractivity contribution >= 4 is 5.91 Å². The van der Waals surface area contributed by atoms with Crippen LogP contribution in [0.15, 0.2) is 48.5 Å². The number of nitriles is 1. The molecule has 2 aromatic rings. The molecule has 1 N–H and O–H groups in total. The largest absolute Gasteiger partial charge is 0.394 e. The minimum atomic E-state index is -0.547. The molecule has 0 aromatic heterocycles. The van der Waals surface area contributed by atoms with Gasteiger partial charge >= 0.3 is 0 Å². The number of hydrogen-bond donors (Lipinski definition) is 1. The zero-order chi connectivity index (χ0) is 19.7. The fourth-order valence-electron chi connectivity index (χ4n) is 3.75. The average molecular weight is 374 g/mol. The van der Waals surface area contributed by atoms with E-state index in [1.807, 2.05) is 24.3 Å². The van der Waals surface area contributed by atoms with Gasteiger partial charge in [0.1, 0.15) is 11.9 Å². The molecule has 1 heterocycles. The summed E-state index contributed by atoms with van der Waals surface area (Å²) in [5.74, 6) is 5.40. The average Bonchev–Trinajstić information content (AvgIpc) is 3.52. The van der Waals surface area contributed by atoms with Gasteiger partial charge in [0.15, 0.2) is 0 Å². The molecule has 0 spiro atoms. The van der Waals surface area contributed by atoms with Crippen LogP contribution in [-0.2, 0) is 4.79 Å². The van der Waals surface area contributed by atoms with Crippen molar-refractivity contribution in [1.82, 2.24) is 4.90 Å². The summed E-state index contributed by atoms with van der Waals surface area (Å²) in [7, 11) is 0. The summed E-state index contributed by atoms with van der Waals surface area (Å²) < 4.78 is 13.2. The monoisotopic (exact) mass is 374 g/mol. The van der Waals surface area contributed by atoms with Crippen LogP contribution in [0.25, 0.3) is 0 Å². The lowest BCUT2D eigenvalue weighted by atomic mass is 9.75. The Morgan fingerprint density at radius 1 is 1.14 bits per heavy atom. The Hall–Kier alpha value is -3.15. The first-order valence-electron chi connectivity index (χ1n) is 9.32. The number of carbonyl (C=O) groups excluding carboxylic acids is 1. The quantitative estimate of drug-likeness (QED) is 0.841. The molecule has 140 valence electrons. The van der Waals surface area contributed by atoms with E-state index in [4.69, 9.17) is 0 Å². The number of hydrogen-bond acceptors (Lipinski definition) is 3. The predicted molar refractivity (Wildman–Crippen MR) is 101 cm³/mol. The summed E-state index contributed by atoms with van der Waals surface area (Å²) in [5.41, 5.74) is 2.27. The van der Waals surface area contributed by atoms with Crippen LogP contribution in [-0.4, -0.2) is 34.6 Å². The fraction of sp³-hybridized carbons (Fsp3) is 0.304. The molecule has 0 unspecified atom stereocenters. The second-order valence-corrected chi connectivity index (χ2v) is 7.25. The summed E-state index contributed by atoms with van der Waals surface area (Å²) in [5, 5.41) is 19.3. The number of nitrogens with zero attached hydrogens (tertiary/aromatic N) is 2. The van der Waals surface area contributed by atoms with E-state index in [9.17, 15) is 19.6 Å². The molecule has 5 heteroatoms. The lowest BCUT2D eigenvalue weighted by Crippen LogP contribution is -2.65. The second kappa shape index (κ2) is 7.46. The number of benzene rings is 2. The zero-order valence-electron chi connectivity index (χ0n) is 15.2. The predicted octanol–water partition coefficient (Wildman–Crippen LogP) is 2.81. The highest BCUT2D eigenvalue weighted by Gasteiger charge is 2.53. The van der Waals surface area contributed by atoms with Crippen LogP contribution in [0.2, 0.25) is 0 Å². The summed E-state index contributed by atoms with van der Waals surface area (Å²) in [6, 6.07) is 14.9. The van der Waals surface area contributed by atoms with E-state index in [0.717, 1.165) is 24.0 Å². The molecule has 4 rings (SSSR count). The number of aliphatic hydroxyl groups excluding tert-OH is 1. The molecule has 2 aliphatic rings. The molecule has 0 bridgehead atoms. The van der Waals surface area contributed by atoms with E-state index in [0.29, 0.717) is 5.56 Å². The Bertz CT molecular complexity index is 996. The molecule has 1 saturated heterocycles. The summed E-state index contributed by atoms with van der Waals surface area (Å²) in [4.78, 5) is 14.0. The van der Waals surface area contributed by atoms with E-state index in [2.05, 4.69) is 17.9 Å². The number of likely N-dealkylation sites (tertiary alicyclic amines) is 1. The molecule has 1 aliphatic carbocycles. The topological polar surface area (TPSA) is 64.3 Å². The molecule has 28 heavy (non-hydrogen) atoms. The number of rotatable bonds is 3. The first kappa shape index (κ1) is 18.2. The third-order valence-corrected chi connectivity index (χ3v) is 5.38. The van der Waals surface area contributed by atoms with Crippen LogP contribution in [0.4, 0.5) is 4.39 Å². The molecular formula is C23H19FN2O2. The Labute approximate surface area is 163 Å². The number of aliphatic hydroxyl groups is 1. The van der Waals surface area contributed by atoms with E-state index < -0.39 is 6.04 Å². The number of carbonyl (C=O) groups is 1. The van der Waals surface area contributed by atoms with Crippen molar-refractivity contribution in [2.45, 2.75) is 30.8 Å². The molecule has 0 radical (unpaired) electrons. The van der Waals surface area contributed by atoms with Crippen LogP contribution in [0.5, 0.6) is 0 Å². The minimum Gasteiger partial charge on any atom is -0.394 e. The van der Waals surface area contributed by atoms with Crippen molar-refractivity contribution < 1.29 is 14.3 Å². The highest BCUT2D eigenvalue weighted by atomic mass is 19.1. The van der Waals surface area contributed by atoms with Crippen LogP contribution in [0.3, 0.4) is 0 Å². The van der Waals surface area contributed by atoms with Gasteiger partial charge in [0.2, 0.25) is 5.91 Å². The van der Waals surface area contributed by atoms with E-state index in [1.165, 1.54) is 12.1 Å². The van der Waals surface area contributed by atoms with Gasteiger partial charge in [0.25, 0.3) is 0 Å². The molecule has 3 atom stereocenters. The van der Waals surface area contributed by atoms with Crippen molar-refractivity contribution in [3.63, 3.8) is 0 Å². The van der Waals surface area contributed by atoms with Crippen LogP contribution >= 0.6 is 0 Å². The van der Waals surface area contributed by atoms with Crippen LogP contribution in [0.1, 0.15) is 35.4 Å². The first-order chi connectivity index (χ1) is 13.6. The van der Waals surface area contributed by atoms with Crippen LogP contribution < -0.4 is 0 Å². The van der Waals surface area contributed by atoms with Gasteiger partial charge in [-0.3, -0.25) is 4.79 Å². The van der Waals surface area contributed by atoms with Crippen molar-refractivity contribution in [3.05, 3.63) is 71.0 Å². The Morgan fingerprint density at radius 2 is 1.86 bits per heavy atom. The Balaban J connectivity index is 1.52. The van der Waals surface area contributed by atoms with Crippen molar-refractivity contribution in [2.75, 3.05) is 6.61 Å². The van der Waals surface area contributed by atoms with Gasteiger partial charge in [-0.05, 0) is 48.7 Å². The van der Waals surface area contributed by atoms with Crippen LogP contribution in [0, 0.1) is 34.9 Å². The third kappa shape index (κ3) is 3.38. The molecule has 1 aliphatic heterocycles. The fourth-order valence-corrected chi connectivity index (χ4v) is 3.75. The highest BCUT2D eigenvalue weighted by molar-refractivity contribution is 5.83. The maximum Gasteiger partial charge on any atom is 0.227 e. The van der Waals surface area contributed by atoms with Gasteiger partial charge in [0, 0.05) is 23.0 Å². The lowest BCUT2D eigenvalue weighted by Gasteiger charge is -2.51. The lowest BCUT2D eigenvalue weighted by molar-refractivity contribution is -0.148. The molecule has 1 amide bonds. The minimum absolute atomic E-state index is 0.0144. The molecule has 1 saturated carbocycles. The van der Waals surface area contributed by atoms with Crippen molar-refractivity contribution in [2.24, 2.45) is 5.92 Å². The van der Waals surface area contributed by atoms with Gasteiger partial charge in [-0.25, -0.2) is 4.39 Å². The maximum absolute atomic E-state index is 13.2. The smallest absolute Gasteiger partial charge is 0.227 e. The summed E-state index contributed by atoms with van der Waals surface area (Å²) in [6.45, 7) is -0.164. The highest BCUT2D eigenvalue weighted by Crippen LogP contribution is 2.44. The standard InChI is InChI=1S/C23H19FN2O2/c24-19-3-1-2-16(12-19)5-4-15-6-8-17(9-7-15)22-20(13-25)26(21(22)14-27)23(28)18-10-11-18/h1-3,6-9,12,18,20-22,27H,10-11,14H2/t20-,21+,22-/m1/s1. The molecule has 2 fully saturated rings. The maximum atomic E-state index is 13.2. The SMILES string of the molecule is N#C[C@@H]1[C@@H](c2ccc(C#Cc3cccc(F)c3)cc2)[C@H](CO)N1C(=O)C1CC1.